The monoisotopic (exact) mass is 314 g/mol. The van der Waals surface area contributed by atoms with Gasteiger partial charge in [-0.25, -0.2) is 0 Å². The summed E-state index contributed by atoms with van der Waals surface area (Å²) in [5.74, 6) is 1.50. The Morgan fingerprint density at radius 1 is 1.04 bits per heavy atom. The Labute approximate surface area is 136 Å². The van der Waals surface area contributed by atoms with Gasteiger partial charge in [0.1, 0.15) is 11.6 Å². The third kappa shape index (κ3) is 6.34. The highest BCUT2D eigenvalue weighted by molar-refractivity contribution is 5.90. The number of anilines is 2. The predicted molar refractivity (Wildman–Crippen MR) is 90.6 cm³/mol. The number of hydrogen-bond acceptors (Lipinski definition) is 5. The van der Waals surface area contributed by atoms with Gasteiger partial charge in [0.25, 0.3) is 5.91 Å². The molecule has 6 heteroatoms. The van der Waals surface area contributed by atoms with Gasteiger partial charge in [-0.3, -0.25) is 4.79 Å². The molecule has 23 heavy (non-hydrogen) atoms. The fourth-order valence-corrected chi connectivity index (χ4v) is 1.93. The third-order valence-corrected chi connectivity index (χ3v) is 3.13. The number of nitrogens with zero attached hydrogens (tertiary/aromatic N) is 2. The average Bonchev–Trinajstić information content (AvgIpc) is 2.59. The molecule has 0 unspecified atom stereocenters. The van der Waals surface area contributed by atoms with Gasteiger partial charge in [0.2, 0.25) is 0 Å². The van der Waals surface area contributed by atoms with Crippen LogP contribution in [0.25, 0.3) is 0 Å². The molecular weight excluding hydrogens is 292 g/mol. The topological polar surface area (TPSA) is 76.1 Å². The zero-order valence-electron chi connectivity index (χ0n) is 13.3. The molecule has 2 N–H and O–H groups in total. The molecule has 122 valence electrons. The van der Waals surface area contributed by atoms with Crippen molar-refractivity contribution in [1.82, 2.24) is 10.2 Å². The van der Waals surface area contributed by atoms with Crippen LogP contribution in [-0.4, -0.2) is 29.3 Å². The van der Waals surface area contributed by atoms with Crippen molar-refractivity contribution in [2.75, 3.05) is 23.8 Å². The van der Waals surface area contributed by atoms with Crippen molar-refractivity contribution in [3.05, 3.63) is 42.5 Å². The average molecular weight is 314 g/mol. The third-order valence-electron chi connectivity index (χ3n) is 3.13. The van der Waals surface area contributed by atoms with Crippen LogP contribution >= 0.6 is 0 Å². The lowest BCUT2D eigenvalue weighted by atomic mass is 10.2. The number of unbranched alkanes of at least 4 members (excludes halogenated alkanes) is 2. The number of para-hydroxylation sites is 1. The van der Waals surface area contributed by atoms with Crippen molar-refractivity contribution in [3.8, 4) is 5.75 Å². The first kappa shape index (κ1) is 16.7. The molecule has 0 bridgehead atoms. The van der Waals surface area contributed by atoms with E-state index in [0.717, 1.165) is 13.0 Å². The fourth-order valence-electron chi connectivity index (χ4n) is 1.93. The van der Waals surface area contributed by atoms with Crippen molar-refractivity contribution in [2.45, 2.75) is 26.2 Å². The molecule has 0 aliphatic carbocycles. The second-order valence-electron chi connectivity index (χ2n) is 5.09. The summed E-state index contributed by atoms with van der Waals surface area (Å²) in [5.41, 5.74) is 0. The Morgan fingerprint density at radius 2 is 1.78 bits per heavy atom. The highest BCUT2D eigenvalue weighted by atomic mass is 16.5. The molecule has 0 saturated carbocycles. The number of hydrogen-bond donors (Lipinski definition) is 2. The van der Waals surface area contributed by atoms with Crippen LogP contribution in [0.15, 0.2) is 42.5 Å². The van der Waals surface area contributed by atoms with Gasteiger partial charge >= 0.3 is 0 Å². The molecule has 0 saturated heterocycles. The SMILES string of the molecule is CCCCCNc1ccc(NC(=O)COc2ccccc2)nn1. The molecule has 0 fully saturated rings. The van der Waals surface area contributed by atoms with E-state index in [4.69, 9.17) is 4.74 Å². The zero-order chi connectivity index (χ0) is 16.3. The molecule has 0 aliphatic heterocycles. The number of benzene rings is 1. The van der Waals surface area contributed by atoms with E-state index < -0.39 is 0 Å². The van der Waals surface area contributed by atoms with Crippen LogP contribution in [0.3, 0.4) is 0 Å². The van der Waals surface area contributed by atoms with Crippen LogP contribution in [0.5, 0.6) is 5.75 Å². The van der Waals surface area contributed by atoms with Crippen LogP contribution in [0, 0.1) is 0 Å². The Morgan fingerprint density at radius 3 is 2.48 bits per heavy atom. The van der Waals surface area contributed by atoms with Gasteiger partial charge in [-0.1, -0.05) is 38.0 Å². The number of rotatable bonds is 9. The first-order valence-corrected chi connectivity index (χ1v) is 7.83. The number of aromatic nitrogens is 2. The minimum Gasteiger partial charge on any atom is -0.484 e. The summed E-state index contributed by atoms with van der Waals surface area (Å²) in [6.07, 6.45) is 3.48. The first-order valence-electron chi connectivity index (χ1n) is 7.83. The van der Waals surface area contributed by atoms with Crippen molar-refractivity contribution < 1.29 is 9.53 Å². The Hall–Kier alpha value is -2.63. The van der Waals surface area contributed by atoms with Gasteiger partial charge in [-0.15, -0.1) is 10.2 Å². The summed E-state index contributed by atoms with van der Waals surface area (Å²) in [6, 6.07) is 12.7. The van der Waals surface area contributed by atoms with Crippen molar-refractivity contribution in [2.24, 2.45) is 0 Å². The van der Waals surface area contributed by atoms with Crippen LogP contribution in [-0.2, 0) is 4.79 Å². The summed E-state index contributed by atoms with van der Waals surface area (Å²) < 4.78 is 5.37. The van der Waals surface area contributed by atoms with E-state index in [9.17, 15) is 4.79 Å². The minimum atomic E-state index is -0.271. The van der Waals surface area contributed by atoms with Gasteiger partial charge in [0.05, 0.1) is 0 Å². The second kappa shape index (κ2) is 9.40. The highest BCUT2D eigenvalue weighted by Gasteiger charge is 2.05. The summed E-state index contributed by atoms with van der Waals surface area (Å²) in [6.45, 7) is 2.97. The smallest absolute Gasteiger partial charge is 0.263 e. The van der Waals surface area contributed by atoms with Gasteiger partial charge in [-0.2, -0.15) is 0 Å². The van der Waals surface area contributed by atoms with Gasteiger partial charge in [0, 0.05) is 6.54 Å². The summed E-state index contributed by atoms with van der Waals surface area (Å²) >= 11 is 0. The normalized spacial score (nSPS) is 10.1. The molecule has 1 aromatic carbocycles. The van der Waals surface area contributed by atoms with Crippen LogP contribution in [0.2, 0.25) is 0 Å². The molecule has 2 aromatic rings. The van der Waals surface area contributed by atoms with E-state index in [1.165, 1.54) is 12.8 Å². The van der Waals surface area contributed by atoms with Crippen molar-refractivity contribution in [3.63, 3.8) is 0 Å². The first-order chi connectivity index (χ1) is 11.3. The zero-order valence-corrected chi connectivity index (χ0v) is 13.3. The maximum absolute atomic E-state index is 11.8. The second-order valence-corrected chi connectivity index (χ2v) is 5.09. The lowest BCUT2D eigenvalue weighted by Crippen LogP contribution is -2.21. The largest absolute Gasteiger partial charge is 0.484 e. The number of carbonyl (C=O) groups is 1. The maximum Gasteiger partial charge on any atom is 0.263 e. The van der Waals surface area contributed by atoms with Gasteiger partial charge in [0.15, 0.2) is 12.4 Å². The lowest BCUT2D eigenvalue weighted by Gasteiger charge is -2.07. The van der Waals surface area contributed by atoms with Crippen molar-refractivity contribution in [1.29, 1.82) is 0 Å². The quantitative estimate of drug-likeness (QED) is 0.696. The Balaban J connectivity index is 1.73. The van der Waals surface area contributed by atoms with Crippen LogP contribution in [0.1, 0.15) is 26.2 Å². The number of carbonyl (C=O) groups excluding carboxylic acids is 1. The summed E-state index contributed by atoms with van der Waals surface area (Å²) in [5, 5.41) is 13.8. The molecule has 0 radical (unpaired) electrons. The molecule has 6 nitrogen and oxygen atoms in total. The molecule has 0 atom stereocenters. The lowest BCUT2D eigenvalue weighted by molar-refractivity contribution is -0.118. The minimum absolute atomic E-state index is 0.0668. The van der Waals surface area contributed by atoms with Crippen LogP contribution in [0.4, 0.5) is 11.6 Å². The van der Waals surface area contributed by atoms with E-state index in [0.29, 0.717) is 17.4 Å². The molecule has 1 heterocycles. The van der Waals surface area contributed by atoms with E-state index in [2.05, 4.69) is 27.8 Å². The van der Waals surface area contributed by atoms with Gasteiger partial charge < -0.3 is 15.4 Å². The van der Waals surface area contributed by atoms with Crippen molar-refractivity contribution >= 4 is 17.5 Å². The molecule has 1 aromatic heterocycles. The van der Waals surface area contributed by atoms with Gasteiger partial charge in [-0.05, 0) is 30.7 Å². The van der Waals surface area contributed by atoms with E-state index >= 15 is 0 Å². The number of nitrogens with one attached hydrogen (secondary N) is 2. The standard InChI is InChI=1S/C17H22N4O2/c1-2-3-7-12-18-15-10-11-16(21-20-15)19-17(22)13-23-14-8-5-4-6-9-14/h4-6,8-11H,2-3,7,12-13H2,1H3,(H,18,20)(H,19,21,22). The van der Waals surface area contributed by atoms with Crippen LogP contribution < -0.4 is 15.4 Å². The summed E-state index contributed by atoms with van der Waals surface area (Å²) in [4.78, 5) is 11.8. The molecule has 2 rings (SSSR count). The summed E-state index contributed by atoms with van der Waals surface area (Å²) in [7, 11) is 0. The molecule has 1 amide bonds. The molecular formula is C17H22N4O2. The highest BCUT2D eigenvalue weighted by Crippen LogP contribution is 2.09. The predicted octanol–water partition coefficient (Wildman–Crippen LogP) is 3.10. The maximum atomic E-state index is 11.8. The Bertz CT molecular complexity index is 587. The number of ether oxygens (including phenoxy) is 1. The van der Waals surface area contributed by atoms with E-state index in [1.807, 2.05) is 18.2 Å². The number of amides is 1. The van der Waals surface area contributed by atoms with E-state index in [-0.39, 0.29) is 12.5 Å². The Kier molecular flexibility index (Phi) is 6.84. The van der Waals surface area contributed by atoms with E-state index in [1.54, 1.807) is 24.3 Å². The molecule has 0 spiro atoms. The fraction of sp³-hybridized carbons (Fsp3) is 0.353. The molecule has 0 aliphatic rings.